The standard InChI is InChI=1S/C24H26N2O3/c1-18-7-9-21-20(16-24(28)29-22(21)15-18)17-25-11-13-26(14-12-25)23(27)10-8-19-5-3-2-4-6-19/h2-7,9,15-16H,8,10-14,17H2,1H3. The number of nitrogens with zero attached hydrogens (tertiary/aromatic N) is 2. The quantitative estimate of drug-likeness (QED) is 0.627. The van der Waals surface area contributed by atoms with E-state index in [1.54, 1.807) is 6.07 Å². The van der Waals surface area contributed by atoms with Crippen molar-refractivity contribution in [3.05, 3.63) is 81.7 Å². The Balaban J connectivity index is 1.35. The van der Waals surface area contributed by atoms with Crippen molar-refractivity contribution in [3.63, 3.8) is 0 Å². The monoisotopic (exact) mass is 390 g/mol. The second-order valence-corrected chi connectivity index (χ2v) is 7.73. The molecule has 5 nitrogen and oxygen atoms in total. The molecule has 0 aliphatic carbocycles. The highest BCUT2D eigenvalue weighted by Crippen LogP contribution is 2.20. The molecule has 0 bridgehead atoms. The van der Waals surface area contributed by atoms with Crippen molar-refractivity contribution in [2.75, 3.05) is 26.2 Å². The molecule has 0 spiro atoms. The van der Waals surface area contributed by atoms with Gasteiger partial charge in [-0.3, -0.25) is 9.69 Å². The fourth-order valence-electron chi connectivity index (χ4n) is 3.92. The molecule has 1 amide bonds. The molecule has 150 valence electrons. The molecule has 0 N–H and O–H groups in total. The van der Waals surface area contributed by atoms with Crippen molar-refractivity contribution >= 4 is 16.9 Å². The lowest BCUT2D eigenvalue weighted by Gasteiger charge is -2.35. The molecule has 1 fully saturated rings. The van der Waals surface area contributed by atoms with Gasteiger partial charge in [-0.1, -0.05) is 42.5 Å². The predicted octanol–water partition coefficient (Wildman–Crippen LogP) is 3.38. The summed E-state index contributed by atoms with van der Waals surface area (Å²) >= 11 is 0. The number of aryl methyl sites for hydroxylation is 2. The van der Waals surface area contributed by atoms with Crippen LogP contribution >= 0.6 is 0 Å². The van der Waals surface area contributed by atoms with Crippen LogP contribution in [0.4, 0.5) is 0 Å². The van der Waals surface area contributed by atoms with Crippen molar-refractivity contribution in [3.8, 4) is 0 Å². The van der Waals surface area contributed by atoms with Crippen LogP contribution in [0.3, 0.4) is 0 Å². The number of hydrogen-bond donors (Lipinski definition) is 0. The number of amides is 1. The summed E-state index contributed by atoms with van der Waals surface area (Å²) in [4.78, 5) is 28.8. The van der Waals surface area contributed by atoms with Gasteiger partial charge >= 0.3 is 5.63 Å². The summed E-state index contributed by atoms with van der Waals surface area (Å²) in [5, 5.41) is 0.983. The number of benzene rings is 2. The SMILES string of the molecule is Cc1ccc2c(CN3CCN(C(=O)CCc4ccccc4)CC3)cc(=O)oc2c1. The summed E-state index contributed by atoms with van der Waals surface area (Å²) in [6.45, 7) is 5.75. The summed E-state index contributed by atoms with van der Waals surface area (Å²) < 4.78 is 5.36. The lowest BCUT2D eigenvalue weighted by Crippen LogP contribution is -2.48. The summed E-state index contributed by atoms with van der Waals surface area (Å²) in [6.07, 6.45) is 1.33. The maximum Gasteiger partial charge on any atom is 0.336 e. The highest BCUT2D eigenvalue weighted by atomic mass is 16.4. The number of rotatable bonds is 5. The number of piperazine rings is 1. The fourth-order valence-corrected chi connectivity index (χ4v) is 3.92. The van der Waals surface area contributed by atoms with Crippen LogP contribution in [-0.2, 0) is 17.8 Å². The maximum absolute atomic E-state index is 12.5. The van der Waals surface area contributed by atoms with E-state index < -0.39 is 0 Å². The molecule has 1 aromatic heterocycles. The largest absolute Gasteiger partial charge is 0.423 e. The van der Waals surface area contributed by atoms with Gasteiger partial charge in [0, 0.05) is 50.6 Å². The smallest absolute Gasteiger partial charge is 0.336 e. The fraction of sp³-hybridized carbons (Fsp3) is 0.333. The van der Waals surface area contributed by atoms with E-state index >= 15 is 0 Å². The molecule has 0 atom stereocenters. The molecule has 0 radical (unpaired) electrons. The Kier molecular flexibility index (Phi) is 5.76. The van der Waals surface area contributed by atoms with Gasteiger partial charge in [0.25, 0.3) is 0 Å². The van der Waals surface area contributed by atoms with Crippen LogP contribution in [0.2, 0.25) is 0 Å². The van der Waals surface area contributed by atoms with Gasteiger partial charge in [-0.15, -0.1) is 0 Å². The number of carbonyl (C=O) groups excluding carboxylic acids is 1. The van der Waals surface area contributed by atoms with Crippen LogP contribution in [-0.4, -0.2) is 41.9 Å². The van der Waals surface area contributed by atoms with E-state index in [1.165, 1.54) is 5.56 Å². The van der Waals surface area contributed by atoms with Gasteiger partial charge in [0.15, 0.2) is 0 Å². The Morgan fingerprint density at radius 3 is 2.52 bits per heavy atom. The van der Waals surface area contributed by atoms with E-state index in [-0.39, 0.29) is 11.5 Å². The average Bonchev–Trinajstić information content (AvgIpc) is 2.73. The van der Waals surface area contributed by atoms with Crippen LogP contribution in [0.5, 0.6) is 0 Å². The van der Waals surface area contributed by atoms with Crippen LogP contribution in [0, 0.1) is 6.92 Å². The first-order chi connectivity index (χ1) is 14.1. The summed E-state index contributed by atoms with van der Waals surface area (Å²) in [6, 6.07) is 17.7. The van der Waals surface area contributed by atoms with Gasteiger partial charge in [0.1, 0.15) is 5.58 Å². The van der Waals surface area contributed by atoms with Crippen molar-refractivity contribution in [1.29, 1.82) is 0 Å². The van der Waals surface area contributed by atoms with Crippen molar-refractivity contribution in [2.24, 2.45) is 0 Å². The topological polar surface area (TPSA) is 53.8 Å². The lowest BCUT2D eigenvalue weighted by atomic mass is 10.1. The van der Waals surface area contributed by atoms with Crippen molar-refractivity contribution in [1.82, 2.24) is 9.80 Å². The maximum atomic E-state index is 12.5. The van der Waals surface area contributed by atoms with Gasteiger partial charge in [-0.25, -0.2) is 4.79 Å². The second-order valence-electron chi connectivity index (χ2n) is 7.73. The molecule has 0 saturated carbocycles. The molecule has 1 aliphatic heterocycles. The third-order valence-corrected chi connectivity index (χ3v) is 5.58. The summed E-state index contributed by atoms with van der Waals surface area (Å²) in [5.74, 6) is 0.217. The zero-order valence-corrected chi connectivity index (χ0v) is 16.8. The van der Waals surface area contributed by atoms with Gasteiger partial charge in [-0.05, 0) is 36.1 Å². The predicted molar refractivity (Wildman–Crippen MR) is 114 cm³/mol. The molecule has 3 aromatic rings. The molecule has 2 aromatic carbocycles. The first-order valence-corrected chi connectivity index (χ1v) is 10.2. The van der Waals surface area contributed by atoms with E-state index in [9.17, 15) is 9.59 Å². The molecular formula is C24H26N2O3. The second kappa shape index (κ2) is 8.62. The zero-order chi connectivity index (χ0) is 20.2. The van der Waals surface area contributed by atoms with E-state index in [2.05, 4.69) is 17.0 Å². The molecule has 29 heavy (non-hydrogen) atoms. The molecule has 2 heterocycles. The van der Waals surface area contributed by atoms with Crippen LogP contribution in [0.1, 0.15) is 23.1 Å². The van der Waals surface area contributed by atoms with Gasteiger partial charge in [0.2, 0.25) is 5.91 Å². The zero-order valence-electron chi connectivity index (χ0n) is 16.8. The molecule has 0 unspecified atom stereocenters. The van der Waals surface area contributed by atoms with Gasteiger partial charge < -0.3 is 9.32 Å². The summed E-state index contributed by atoms with van der Waals surface area (Å²) in [5.41, 5.74) is 3.58. The molecular weight excluding hydrogens is 364 g/mol. The number of carbonyl (C=O) groups is 1. The molecule has 1 saturated heterocycles. The highest BCUT2D eigenvalue weighted by molar-refractivity contribution is 5.80. The van der Waals surface area contributed by atoms with Crippen LogP contribution in [0.25, 0.3) is 11.0 Å². The minimum atomic E-state index is -0.312. The normalized spacial score (nSPS) is 15.0. The first kappa shape index (κ1) is 19.4. The van der Waals surface area contributed by atoms with E-state index in [4.69, 9.17) is 4.42 Å². The molecule has 4 rings (SSSR count). The lowest BCUT2D eigenvalue weighted by molar-refractivity contribution is -0.133. The Bertz CT molecular complexity index is 1050. The van der Waals surface area contributed by atoms with Crippen LogP contribution < -0.4 is 5.63 Å². The van der Waals surface area contributed by atoms with Crippen LogP contribution in [0.15, 0.2) is 63.8 Å². The third kappa shape index (κ3) is 4.74. The summed E-state index contributed by atoms with van der Waals surface area (Å²) in [7, 11) is 0. The van der Waals surface area contributed by atoms with Crippen molar-refractivity contribution < 1.29 is 9.21 Å². The minimum absolute atomic E-state index is 0.217. The third-order valence-electron chi connectivity index (χ3n) is 5.58. The number of fused-ring (bicyclic) bond motifs is 1. The van der Waals surface area contributed by atoms with Gasteiger partial charge in [-0.2, -0.15) is 0 Å². The van der Waals surface area contributed by atoms with E-state index in [0.29, 0.717) is 18.5 Å². The first-order valence-electron chi connectivity index (χ1n) is 10.2. The molecule has 1 aliphatic rings. The Labute approximate surface area is 170 Å². The Morgan fingerprint density at radius 1 is 1.00 bits per heavy atom. The Hall–Kier alpha value is -2.92. The van der Waals surface area contributed by atoms with E-state index in [0.717, 1.165) is 49.1 Å². The Morgan fingerprint density at radius 2 is 1.76 bits per heavy atom. The number of hydrogen-bond acceptors (Lipinski definition) is 4. The minimum Gasteiger partial charge on any atom is -0.423 e. The van der Waals surface area contributed by atoms with E-state index in [1.807, 2.05) is 48.2 Å². The average molecular weight is 390 g/mol. The van der Waals surface area contributed by atoms with Gasteiger partial charge in [0.05, 0.1) is 0 Å². The highest BCUT2D eigenvalue weighted by Gasteiger charge is 2.21. The molecule has 5 heteroatoms. The van der Waals surface area contributed by atoms with Crippen molar-refractivity contribution in [2.45, 2.75) is 26.3 Å².